The Hall–Kier alpha value is -5.17. The zero-order valence-corrected chi connectivity index (χ0v) is 30.4. The third kappa shape index (κ3) is 9.78. The Balaban J connectivity index is 1.51. The number of carbonyl (C=O) groups is 3. The van der Waals surface area contributed by atoms with E-state index in [2.05, 4.69) is 20.4 Å². The van der Waals surface area contributed by atoms with Gasteiger partial charge in [-0.25, -0.2) is 4.79 Å². The maximum Gasteiger partial charge on any atom is 0.342 e. The summed E-state index contributed by atoms with van der Waals surface area (Å²) in [6.07, 6.45) is 9.86. The van der Waals surface area contributed by atoms with Gasteiger partial charge in [-0.05, 0) is 92.5 Å². The predicted octanol–water partition coefficient (Wildman–Crippen LogP) is 7.17. The monoisotopic (exact) mass is 728 g/mol. The number of esters is 1. The van der Waals surface area contributed by atoms with Gasteiger partial charge >= 0.3 is 5.97 Å². The van der Waals surface area contributed by atoms with E-state index in [1.54, 1.807) is 73.4 Å². The molecule has 1 aliphatic rings. The highest BCUT2D eigenvalue weighted by Gasteiger charge is 2.32. The van der Waals surface area contributed by atoms with E-state index >= 15 is 0 Å². The van der Waals surface area contributed by atoms with Gasteiger partial charge in [0.25, 0.3) is 0 Å². The van der Waals surface area contributed by atoms with E-state index in [1.165, 1.54) is 13.2 Å². The summed E-state index contributed by atoms with van der Waals surface area (Å²) in [5, 5.41) is 30.5. The second-order valence-corrected chi connectivity index (χ2v) is 13.7. The molecule has 12 nitrogen and oxygen atoms in total. The first kappa shape index (κ1) is 38.1. The number of aromatic hydroxyl groups is 2. The average molecular weight is 729 g/mol. The number of nitrogens with one attached hydrogen (secondary N) is 1. The van der Waals surface area contributed by atoms with Crippen LogP contribution in [-0.2, 0) is 14.3 Å². The molecule has 3 N–H and O–H groups in total. The minimum atomic E-state index is -0.905. The van der Waals surface area contributed by atoms with E-state index in [-0.39, 0.29) is 40.5 Å². The van der Waals surface area contributed by atoms with Crippen LogP contribution in [0.25, 0.3) is 17.6 Å². The number of hydrogen-bond acceptors (Lipinski definition) is 12. The van der Waals surface area contributed by atoms with Crippen molar-refractivity contribution in [1.82, 2.24) is 20.4 Å². The number of methoxy groups -OCH3 is 1. The standard InChI is InChI=1S/C39H44N4O8S/c1-24-10-9-13-27(44)12-6-4-5-11-26-22-32(45)35(36(47)34(26)39(48)50-24)29(25-15-17-28(49-2)18-16-25)23-33(46)41-31(19-21-52-3)38-42-37(43-51-38)30-14-7-8-20-40-30/h5,7-8,11,14-18,20,22,24,29,31,45,47H,4,6,9-10,12-13,19,21,23H2,1-3H3,(H,41,46). The number of carbonyl (C=O) groups excluding carboxylic acids is 3. The lowest BCUT2D eigenvalue weighted by Crippen LogP contribution is -2.30. The van der Waals surface area contributed by atoms with E-state index in [0.29, 0.717) is 73.5 Å². The zero-order valence-electron chi connectivity index (χ0n) is 29.5. The molecule has 2 aromatic heterocycles. The summed E-state index contributed by atoms with van der Waals surface area (Å²) in [5.74, 6) is -0.953. The van der Waals surface area contributed by atoms with Crippen LogP contribution in [0.3, 0.4) is 0 Å². The van der Waals surface area contributed by atoms with Gasteiger partial charge in [0.05, 0.1) is 13.2 Å². The summed E-state index contributed by atoms with van der Waals surface area (Å²) in [4.78, 5) is 48.7. The maximum absolute atomic E-state index is 14.0. The van der Waals surface area contributed by atoms with Crippen molar-refractivity contribution >= 4 is 35.5 Å². The molecule has 52 heavy (non-hydrogen) atoms. The molecule has 3 heterocycles. The molecular weight excluding hydrogens is 685 g/mol. The topological polar surface area (TPSA) is 174 Å². The second kappa shape index (κ2) is 18.4. The quantitative estimate of drug-likeness (QED) is 0.133. The van der Waals surface area contributed by atoms with Crippen molar-refractivity contribution in [2.45, 2.75) is 76.4 Å². The van der Waals surface area contributed by atoms with Crippen LogP contribution in [0, 0.1) is 0 Å². The molecule has 5 rings (SSSR count). The number of pyridine rings is 1. The SMILES string of the molecule is COc1ccc(C(CC(=O)NC(CCSC)c2nc(-c3ccccn3)no2)c2c(O)cc3c(c2O)C(=O)OC(C)CCCC(=O)CCCC=C3)cc1. The van der Waals surface area contributed by atoms with Crippen molar-refractivity contribution in [3.05, 3.63) is 88.9 Å². The van der Waals surface area contributed by atoms with Gasteiger partial charge in [-0.3, -0.25) is 14.6 Å². The largest absolute Gasteiger partial charge is 0.507 e. The molecule has 0 saturated heterocycles. The fraction of sp³-hybridized carbons (Fsp3) is 0.385. The number of fused-ring (bicyclic) bond motifs is 1. The molecule has 4 aromatic rings. The minimum absolute atomic E-state index is 0.000301. The van der Waals surface area contributed by atoms with Crippen molar-refractivity contribution in [3.63, 3.8) is 0 Å². The Kier molecular flexibility index (Phi) is 13.4. The Morgan fingerprint density at radius 1 is 1.12 bits per heavy atom. The van der Waals surface area contributed by atoms with Crippen LogP contribution in [0.4, 0.5) is 0 Å². The molecule has 0 saturated carbocycles. The number of cyclic esters (lactones) is 1. The number of thioether (sulfide) groups is 1. The highest BCUT2D eigenvalue weighted by atomic mass is 32.2. The number of phenols is 2. The average Bonchev–Trinajstić information content (AvgIpc) is 3.63. The van der Waals surface area contributed by atoms with E-state index in [4.69, 9.17) is 14.0 Å². The van der Waals surface area contributed by atoms with Crippen molar-refractivity contribution in [2.24, 2.45) is 0 Å². The van der Waals surface area contributed by atoms with Gasteiger partial charge in [-0.2, -0.15) is 16.7 Å². The van der Waals surface area contributed by atoms with Crippen LogP contribution in [0.5, 0.6) is 17.2 Å². The number of benzene rings is 2. The number of hydrogen-bond donors (Lipinski definition) is 3. The Morgan fingerprint density at radius 3 is 2.63 bits per heavy atom. The number of Topliss-reactive ketones (excluding diaryl/α,β-unsaturated/α-hetero) is 1. The molecule has 3 unspecified atom stereocenters. The summed E-state index contributed by atoms with van der Waals surface area (Å²) >= 11 is 1.60. The third-order valence-electron chi connectivity index (χ3n) is 8.89. The minimum Gasteiger partial charge on any atom is -0.507 e. The smallest absolute Gasteiger partial charge is 0.342 e. The van der Waals surface area contributed by atoms with Crippen molar-refractivity contribution < 1.29 is 38.6 Å². The molecule has 0 radical (unpaired) electrons. The van der Waals surface area contributed by atoms with Gasteiger partial charge in [0.2, 0.25) is 17.6 Å². The van der Waals surface area contributed by atoms with Gasteiger partial charge in [-0.15, -0.1) is 0 Å². The summed E-state index contributed by atoms with van der Waals surface area (Å²) in [5.41, 5.74) is 1.25. The summed E-state index contributed by atoms with van der Waals surface area (Å²) in [6, 6.07) is 13.0. The lowest BCUT2D eigenvalue weighted by Gasteiger charge is -2.24. The lowest BCUT2D eigenvalue weighted by atomic mass is 9.84. The molecule has 1 amide bonds. The van der Waals surface area contributed by atoms with Crippen LogP contribution in [-0.4, -0.2) is 68.2 Å². The molecule has 1 aliphatic heterocycles. The zero-order chi connectivity index (χ0) is 37.0. The van der Waals surface area contributed by atoms with Gasteiger partial charge < -0.3 is 29.5 Å². The molecule has 2 aromatic carbocycles. The first-order chi connectivity index (χ1) is 25.2. The number of nitrogens with zero attached hydrogens (tertiary/aromatic N) is 3. The Morgan fingerprint density at radius 2 is 1.90 bits per heavy atom. The van der Waals surface area contributed by atoms with Crippen LogP contribution in [0.1, 0.15) is 103 Å². The van der Waals surface area contributed by atoms with E-state index in [9.17, 15) is 24.6 Å². The second-order valence-electron chi connectivity index (χ2n) is 12.7. The molecule has 0 bridgehead atoms. The number of rotatable bonds is 11. The van der Waals surface area contributed by atoms with Gasteiger partial charge in [0.1, 0.15) is 40.3 Å². The molecule has 0 spiro atoms. The van der Waals surface area contributed by atoms with Gasteiger partial charge in [0.15, 0.2) is 0 Å². The van der Waals surface area contributed by atoms with Crippen LogP contribution in [0.2, 0.25) is 0 Å². The Bertz CT molecular complexity index is 1860. The molecule has 3 atom stereocenters. The molecule has 0 fully saturated rings. The van der Waals surface area contributed by atoms with Crippen molar-refractivity contribution in [3.8, 4) is 28.8 Å². The van der Waals surface area contributed by atoms with Crippen LogP contribution < -0.4 is 10.1 Å². The van der Waals surface area contributed by atoms with Gasteiger partial charge in [-0.1, -0.05) is 35.5 Å². The van der Waals surface area contributed by atoms with Crippen LogP contribution >= 0.6 is 11.8 Å². The Labute approximate surface area is 307 Å². The summed E-state index contributed by atoms with van der Waals surface area (Å²) in [6.45, 7) is 1.74. The van der Waals surface area contributed by atoms with E-state index < -0.39 is 35.7 Å². The highest BCUT2D eigenvalue weighted by Crippen LogP contribution is 2.44. The van der Waals surface area contributed by atoms with Crippen molar-refractivity contribution in [2.75, 3.05) is 19.1 Å². The number of ketones is 1. The molecule has 13 heteroatoms. The summed E-state index contributed by atoms with van der Waals surface area (Å²) < 4.78 is 16.7. The number of aromatic nitrogens is 3. The van der Waals surface area contributed by atoms with Crippen molar-refractivity contribution in [1.29, 1.82) is 0 Å². The number of amides is 1. The third-order valence-corrected chi connectivity index (χ3v) is 9.53. The fourth-order valence-electron chi connectivity index (χ4n) is 6.15. The van der Waals surface area contributed by atoms with Crippen LogP contribution in [0.15, 0.2) is 65.3 Å². The fourth-order valence-corrected chi connectivity index (χ4v) is 6.62. The van der Waals surface area contributed by atoms with E-state index in [0.717, 1.165) is 0 Å². The number of allylic oxidation sites excluding steroid dienone is 1. The number of phenolic OH excluding ortho intramolecular Hbond substituents is 2. The molecule has 274 valence electrons. The first-order valence-electron chi connectivity index (χ1n) is 17.3. The number of ether oxygens (including phenoxy) is 2. The predicted molar refractivity (Wildman–Crippen MR) is 197 cm³/mol. The molecular formula is C39H44N4O8S. The first-order valence-corrected chi connectivity index (χ1v) is 18.7. The lowest BCUT2D eigenvalue weighted by molar-refractivity contribution is -0.122. The van der Waals surface area contributed by atoms with E-state index in [1.807, 2.05) is 12.3 Å². The van der Waals surface area contributed by atoms with Gasteiger partial charge in [0, 0.05) is 36.9 Å². The molecule has 0 aliphatic carbocycles. The normalized spacial score (nSPS) is 16.6. The highest BCUT2D eigenvalue weighted by molar-refractivity contribution is 7.98. The maximum atomic E-state index is 14.0. The summed E-state index contributed by atoms with van der Waals surface area (Å²) in [7, 11) is 1.54.